The Kier molecular flexibility index (Phi) is 6.16. The summed E-state index contributed by atoms with van der Waals surface area (Å²) in [5, 5.41) is 4.29. The van der Waals surface area contributed by atoms with Crippen LogP contribution in [0.4, 0.5) is 17.8 Å². The zero-order valence-corrected chi connectivity index (χ0v) is 17.3. The predicted molar refractivity (Wildman–Crippen MR) is 118 cm³/mol. The Bertz CT molecular complexity index is 807. The molecule has 1 N–H and O–H groups in total. The topological polar surface area (TPSA) is 69.5 Å². The summed E-state index contributed by atoms with van der Waals surface area (Å²) in [6, 6.07) is 10.1. The maximum atomic E-state index is 4.71. The van der Waals surface area contributed by atoms with Crippen LogP contribution in [0.3, 0.4) is 0 Å². The lowest BCUT2D eigenvalue weighted by Crippen LogP contribution is -2.25. The van der Waals surface area contributed by atoms with Crippen LogP contribution in [0.5, 0.6) is 0 Å². The lowest BCUT2D eigenvalue weighted by molar-refractivity contribution is 0.838. The van der Waals surface area contributed by atoms with E-state index < -0.39 is 0 Å². The highest BCUT2D eigenvalue weighted by atomic mass is 79.9. The monoisotopic (exact) mass is 441 g/mol. The van der Waals surface area contributed by atoms with Gasteiger partial charge in [-0.15, -0.1) is 0 Å². The maximum absolute atomic E-state index is 4.71. The van der Waals surface area contributed by atoms with Crippen molar-refractivity contribution < 1.29 is 0 Å². The van der Waals surface area contributed by atoms with Gasteiger partial charge in [0.2, 0.25) is 17.8 Å². The van der Waals surface area contributed by atoms with E-state index in [2.05, 4.69) is 46.2 Å². The van der Waals surface area contributed by atoms with Gasteiger partial charge in [-0.2, -0.15) is 20.1 Å². The van der Waals surface area contributed by atoms with E-state index in [4.69, 9.17) is 4.98 Å². The second kappa shape index (κ2) is 9.14. The van der Waals surface area contributed by atoms with Crippen molar-refractivity contribution in [1.29, 1.82) is 0 Å². The number of anilines is 3. The number of hydrogen-bond donors (Lipinski definition) is 1. The van der Waals surface area contributed by atoms with E-state index in [1.165, 1.54) is 25.7 Å². The number of halogens is 1. The van der Waals surface area contributed by atoms with E-state index >= 15 is 0 Å². The molecule has 0 spiro atoms. The molecule has 1 aromatic carbocycles. The van der Waals surface area contributed by atoms with Crippen molar-refractivity contribution in [3.05, 3.63) is 40.4 Å². The third kappa shape index (κ3) is 4.86. The molecule has 8 heteroatoms. The van der Waals surface area contributed by atoms with Gasteiger partial charge in [-0.3, -0.25) is 0 Å². The molecule has 0 atom stereocenters. The number of allylic oxidation sites excluding steroid dienone is 1. The molecule has 0 saturated carbocycles. The summed E-state index contributed by atoms with van der Waals surface area (Å²) in [5.74, 6) is 1.96. The zero-order valence-electron chi connectivity index (χ0n) is 15.8. The first-order valence-electron chi connectivity index (χ1n) is 9.75. The van der Waals surface area contributed by atoms with Crippen LogP contribution in [0, 0.1) is 0 Å². The van der Waals surface area contributed by atoms with Crippen molar-refractivity contribution >= 4 is 46.1 Å². The molecular formula is C20H24BrN7. The Morgan fingerprint density at radius 3 is 2.04 bits per heavy atom. The first kappa shape index (κ1) is 18.9. The van der Waals surface area contributed by atoms with Crippen LogP contribution in [-0.4, -0.2) is 47.3 Å². The second-order valence-electron chi connectivity index (χ2n) is 6.96. The minimum atomic E-state index is 0.482. The molecule has 4 rings (SSSR count). The highest BCUT2D eigenvalue weighted by Gasteiger charge is 2.21. The maximum Gasteiger partial charge on any atom is 0.250 e. The summed E-state index contributed by atoms with van der Waals surface area (Å²) < 4.78 is 0.861. The number of hydrazone groups is 1. The molecule has 0 amide bonds. The second-order valence-corrected chi connectivity index (χ2v) is 7.87. The Hall–Kier alpha value is -2.48. The van der Waals surface area contributed by atoms with Crippen LogP contribution >= 0.6 is 15.9 Å². The highest BCUT2D eigenvalue weighted by Crippen LogP contribution is 2.22. The number of nitrogens with one attached hydrogen (secondary N) is 1. The minimum Gasteiger partial charge on any atom is -0.341 e. The highest BCUT2D eigenvalue weighted by molar-refractivity contribution is 9.12. The molecule has 3 heterocycles. The van der Waals surface area contributed by atoms with Crippen molar-refractivity contribution in [2.45, 2.75) is 25.7 Å². The number of rotatable bonds is 6. The summed E-state index contributed by atoms with van der Waals surface area (Å²) in [6.45, 7) is 3.99. The van der Waals surface area contributed by atoms with Crippen molar-refractivity contribution in [3.8, 4) is 0 Å². The Morgan fingerprint density at radius 2 is 1.46 bits per heavy atom. The molecule has 0 radical (unpaired) electrons. The summed E-state index contributed by atoms with van der Waals surface area (Å²) in [7, 11) is 0. The molecule has 0 bridgehead atoms. The van der Waals surface area contributed by atoms with E-state index in [1.807, 2.05) is 36.4 Å². The van der Waals surface area contributed by atoms with Gasteiger partial charge in [0.1, 0.15) is 0 Å². The zero-order chi connectivity index (χ0) is 19.2. The third-order valence-corrected chi connectivity index (χ3v) is 5.28. The molecular weight excluding hydrogens is 418 g/mol. The van der Waals surface area contributed by atoms with E-state index in [1.54, 1.807) is 6.21 Å². The van der Waals surface area contributed by atoms with Crippen LogP contribution < -0.4 is 15.2 Å². The van der Waals surface area contributed by atoms with Crippen LogP contribution in [0.2, 0.25) is 0 Å². The molecule has 2 aliphatic heterocycles. The van der Waals surface area contributed by atoms with E-state index in [-0.39, 0.29) is 0 Å². The van der Waals surface area contributed by atoms with Crippen LogP contribution in [0.25, 0.3) is 6.08 Å². The molecule has 0 aliphatic carbocycles. The fourth-order valence-electron chi connectivity index (χ4n) is 3.42. The van der Waals surface area contributed by atoms with E-state index in [9.17, 15) is 0 Å². The van der Waals surface area contributed by atoms with Crippen LogP contribution in [-0.2, 0) is 0 Å². The van der Waals surface area contributed by atoms with E-state index in [0.29, 0.717) is 5.95 Å². The standard InChI is InChI=1S/C20H24BrN7/c21-17(14-16-8-2-1-3-9-16)15-22-26-18-23-19(27-10-4-5-11-27)25-20(24-18)28-12-6-7-13-28/h1-3,8-9,14-15H,4-7,10-13H2,(H,23,24,25,26). The lowest BCUT2D eigenvalue weighted by atomic mass is 10.2. The SMILES string of the molecule is BrC(C=NNc1nc(N2CCCC2)nc(N2CCCC2)n1)=Cc1ccccc1. The molecule has 2 saturated heterocycles. The molecule has 2 aliphatic rings. The van der Waals surface area contributed by atoms with Gasteiger partial charge in [0, 0.05) is 30.7 Å². The average Bonchev–Trinajstić information content (AvgIpc) is 3.43. The van der Waals surface area contributed by atoms with Gasteiger partial charge >= 0.3 is 0 Å². The first-order valence-corrected chi connectivity index (χ1v) is 10.5. The molecule has 0 unspecified atom stereocenters. The number of benzene rings is 1. The van der Waals surface area contributed by atoms with Crippen LogP contribution in [0.15, 0.2) is 39.9 Å². The number of aromatic nitrogens is 3. The molecule has 146 valence electrons. The summed E-state index contributed by atoms with van der Waals surface area (Å²) >= 11 is 3.53. The summed E-state index contributed by atoms with van der Waals surface area (Å²) in [4.78, 5) is 18.3. The van der Waals surface area contributed by atoms with Crippen molar-refractivity contribution in [2.75, 3.05) is 41.4 Å². The van der Waals surface area contributed by atoms with Gasteiger partial charge in [0.15, 0.2) is 0 Å². The Balaban J connectivity index is 1.50. The fourth-order valence-corrected chi connectivity index (χ4v) is 3.79. The van der Waals surface area contributed by atoms with E-state index in [0.717, 1.165) is 48.1 Å². The smallest absolute Gasteiger partial charge is 0.250 e. The Labute approximate surface area is 173 Å². The quantitative estimate of drug-likeness (QED) is 0.541. The number of hydrogen-bond acceptors (Lipinski definition) is 7. The number of nitrogens with zero attached hydrogens (tertiary/aromatic N) is 6. The van der Waals surface area contributed by atoms with Gasteiger partial charge in [0.05, 0.1) is 6.21 Å². The molecule has 7 nitrogen and oxygen atoms in total. The van der Waals surface area contributed by atoms with Crippen molar-refractivity contribution in [3.63, 3.8) is 0 Å². The molecule has 2 fully saturated rings. The van der Waals surface area contributed by atoms with Crippen LogP contribution in [0.1, 0.15) is 31.2 Å². The van der Waals surface area contributed by atoms with Gasteiger partial charge in [0.25, 0.3) is 0 Å². The summed E-state index contributed by atoms with van der Waals surface area (Å²) in [5.41, 5.74) is 4.08. The normalized spacial score (nSPS) is 17.7. The molecule has 28 heavy (non-hydrogen) atoms. The molecule has 1 aromatic heterocycles. The van der Waals surface area contributed by atoms with Gasteiger partial charge in [-0.05, 0) is 53.3 Å². The summed E-state index contributed by atoms with van der Waals surface area (Å²) in [6.07, 6.45) is 8.45. The third-order valence-electron chi connectivity index (χ3n) is 4.85. The van der Waals surface area contributed by atoms with Gasteiger partial charge < -0.3 is 9.80 Å². The minimum absolute atomic E-state index is 0.482. The van der Waals surface area contributed by atoms with Crippen molar-refractivity contribution in [2.24, 2.45) is 5.10 Å². The van der Waals surface area contributed by atoms with Crippen molar-refractivity contribution in [1.82, 2.24) is 15.0 Å². The lowest BCUT2D eigenvalue weighted by Gasteiger charge is -2.20. The largest absolute Gasteiger partial charge is 0.341 e. The Morgan fingerprint density at radius 1 is 0.893 bits per heavy atom. The fraction of sp³-hybridized carbons (Fsp3) is 0.400. The van der Waals surface area contributed by atoms with Gasteiger partial charge in [-0.1, -0.05) is 30.3 Å². The predicted octanol–water partition coefficient (Wildman–Crippen LogP) is 3.91. The molecule has 2 aromatic rings. The average molecular weight is 442 g/mol. The first-order chi connectivity index (χ1) is 13.8. The van der Waals surface area contributed by atoms with Gasteiger partial charge in [-0.25, -0.2) is 5.43 Å².